The molecule has 0 aliphatic rings. The first-order valence-corrected chi connectivity index (χ1v) is 3.30. The average Bonchev–Trinajstić information content (AvgIpc) is 2.33. The Morgan fingerprint density at radius 2 is 2.36 bits per heavy atom. The van der Waals surface area contributed by atoms with E-state index in [0.717, 1.165) is 11.4 Å². The largest absolute Gasteiger partial charge is 0.278 e. The van der Waals surface area contributed by atoms with Crippen LogP contribution in [0, 0.1) is 6.92 Å². The normalized spacial score (nSPS) is 10.7. The molecular formula is C7H10N4. The molecule has 4 heteroatoms. The highest BCUT2D eigenvalue weighted by Gasteiger charge is 2.04. The minimum absolute atomic E-state index is 0.597. The summed E-state index contributed by atoms with van der Waals surface area (Å²) >= 11 is 0. The quantitative estimate of drug-likeness (QED) is 0.642. The van der Waals surface area contributed by atoms with Crippen LogP contribution < -0.4 is 0 Å². The Bertz CT molecular complexity index is 285. The number of nitrogens with one attached hydrogen (secondary N) is 1. The summed E-state index contributed by atoms with van der Waals surface area (Å²) in [6, 6.07) is 0. The van der Waals surface area contributed by atoms with Crippen molar-refractivity contribution in [2.75, 3.05) is 0 Å². The van der Waals surface area contributed by atoms with Gasteiger partial charge >= 0.3 is 0 Å². The molecule has 4 nitrogen and oxygen atoms in total. The second-order valence-corrected chi connectivity index (χ2v) is 2.07. The summed E-state index contributed by atoms with van der Waals surface area (Å²) in [5.74, 6) is 0.597. The highest BCUT2D eigenvalue weighted by atomic mass is 15.2. The first-order valence-electron chi connectivity index (χ1n) is 3.30. The second-order valence-electron chi connectivity index (χ2n) is 2.07. The molecule has 0 fully saturated rings. The van der Waals surface area contributed by atoms with E-state index in [2.05, 4.69) is 26.9 Å². The molecule has 0 radical (unpaired) electrons. The van der Waals surface area contributed by atoms with E-state index in [0.29, 0.717) is 5.82 Å². The number of nitrogens with zero attached hydrogens (tertiary/aromatic N) is 3. The van der Waals surface area contributed by atoms with Gasteiger partial charge in [0.2, 0.25) is 0 Å². The topological polar surface area (TPSA) is 53.4 Å². The minimum Gasteiger partial charge on any atom is -0.278 e. The van der Waals surface area contributed by atoms with E-state index < -0.39 is 0 Å². The Balaban J connectivity index is 3.15. The lowest BCUT2D eigenvalue weighted by Crippen LogP contribution is -1.67. The lowest BCUT2D eigenvalue weighted by molar-refractivity contribution is 1.04. The van der Waals surface area contributed by atoms with Gasteiger partial charge in [-0.25, -0.2) is 4.99 Å². The summed E-state index contributed by atoms with van der Waals surface area (Å²) in [7, 11) is 0. The Labute approximate surface area is 65.1 Å². The first kappa shape index (κ1) is 7.65. The Morgan fingerprint density at radius 1 is 1.64 bits per heavy atom. The molecule has 0 unspecified atom stereocenters. The summed E-state index contributed by atoms with van der Waals surface area (Å²) < 4.78 is 0. The molecule has 1 rings (SSSR count). The standard InChI is InChI=1S/C7H10N4/c1-4-9-7-6(8-3)5(2)10-11-7/h4H,3H2,1-2H3,(H,10,11). The van der Waals surface area contributed by atoms with Crippen LogP contribution in [-0.4, -0.2) is 23.1 Å². The Kier molecular flexibility index (Phi) is 2.15. The molecule has 1 aromatic rings. The molecule has 11 heavy (non-hydrogen) atoms. The van der Waals surface area contributed by atoms with E-state index >= 15 is 0 Å². The van der Waals surface area contributed by atoms with Crippen molar-refractivity contribution in [3.05, 3.63) is 5.69 Å². The van der Waals surface area contributed by atoms with Gasteiger partial charge in [0.15, 0.2) is 5.82 Å². The van der Waals surface area contributed by atoms with Crippen molar-refractivity contribution in [3.63, 3.8) is 0 Å². The molecule has 0 saturated carbocycles. The molecule has 0 bridgehead atoms. The molecule has 0 amide bonds. The molecule has 0 saturated heterocycles. The lowest BCUT2D eigenvalue weighted by Gasteiger charge is -1.87. The SMILES string of the molecule is C=Nc1c(N=CC)n[nH]c1C. The van der Waals surface area contributed by atoms with Gasteiger partial charge < -0.3 is 0 Å². The number of aromatic nitrogens is 2. The molecule has 0 aliphatic carbocycles. The third-order valence-corrected chi connectivity index (χ3v) is 1.31. The van der Waals surface area contributed by atoms with Crippen molar-refractivity contribution in [1.29, 1.82) is 0 Å². The number of aryl methyl sites for hydroxylation is 1. The van der Waals surface area contributed by atoms with Crippen molar-refractivity contribution >= 4 is 24.4 Å². The zero-order valence-electron chi connectivity index (χ0n) is 6.63. The van der Waals surface area contributed by atoms with E-state index in [1.54, 1.807) is 6.21 Å². The summed E-state index contributed by atoms with van der Waals surface area (Å²) in [6.07, 6.45) is 1.67. The third kappa shape index (κ3) is 1.34. The van der Waals surface area contributed by atoms with Crippen LogP contribution in [0.1, 0.15) is 12.6 Å². The van der Waals surface area contributed by atoms with Crippen molar-refractivity contribution < 1.29 is 0 Å². The van der Waals surface area contributed by atoms with E-state index in [4.69, 9.17) is 0 Å². The van der Waals surface area contributed by atoms with E-state index in [-0.39, 0.29) is 0 Å². The van der Waals surface area contributed by atoms with Gasteiger partial charge in [0.25, 0.3) is 0 Å². The third-order valence-electron chi connectivity index (χ3n) is 1.31. The predicted molar refractivity (Wildman–Crippen MR) is 46.4 cm³/mol. The van der Waals surface area contributed by atoms with Crippen LogP contribution in [0.25, 0.3) is 0 Å². The average molecular weight is 150 g/mol. The van der Waals surface area contributed by atoms with Crippen molar-refractivity contribution in [2.24, 2.45) is 9.98 Å². The summed E-state index contributed by atoms with van der Waals surface area (Å²) in [6.45, 7) is 7.13. The minimum atomic E-state index is 0.597. The molecule has 0 spiro atoms. The molecule has 0 atom stereocenters. The molecule has 0 aromatic carbocycles. The maximum Gasteiger partial charge on any atom is 0.199 e. The lowest BCUT2D eigenvalue weighted by atomic mass is 10.4. The molecule has 1 aromatic heterocycles. The highest BCUT2D eigenvalue weighted by molar-refractivity contribution is 5.68. The molecule has 58 valence electrons. The fourth-order valence-corrected chi connectivity index (χ4v) is 0.812. The van der Waals surface area contributed by atoms with Crippen LogP contribution >= 0.6 is 0 Å². The van der Waals surface area contributed by atoms with Crippen molar-refractivity contribution in [3.8, 4) is 0 Å². The van der Waals surface area contributed by atoms with Gasteiger partial charge in [-0.3, -0.25) is 10.1 Å². The number of H-pyrrole nitrogens is 1. The van der Waals surface area contributed by atoms with Gasteiger partial charge in [0.05, 0.1) is 5.69 Å². The smallest absolute Gasteiger partial charge is 0.199 e. The Morgan fingerprint density at radius 3 is 2.91 bits per heavy atom. The van der Waals surface area contributed by atoms with Gasteiger partial charge in [-0.1, -0.05) is 0 Å². The number of rotatable bonds is 2. The van der Waals surface area contributed by atoms with Gasteiger partial charge in [0.1, 0.15) is 5.69 Å². The molecule has 1 N–H and O–H groups in total. The zero-order chi connectivity index (χ0) is 8.27. The van der Waals surface area contributed by atoms with E-state index in [9.17, 15) is 0 Å². The molecule has 0 aliphatic heterocycles. The van der Waals surface area contributed by atoms with Crippen LogP contribution in [0.5, 0.6) is 0 Å². The Hall–Kier alpha value is -1.45. The fourth-order valence-electron chi connectivity index (χ4n) is 0.812. The van der Waals surface area contributed by atoms with Crippen LogP contribution in [0.4, 0.5) is 11.5 Å². The summed E-state index contributed by atoms with van der Waals surface area (Å²) in [5, 5.41) is 6.70. The monoisotopic (exact) mass is 150 g/mol. The van der Waals surface area contributed by atoms with Crippen LogP contribution in [-0.2, 0) is 0 Å². The fraction of sp³-hybridized carbons (Fsp3) is 0.286. The van der Waals surface area contributed by atoms with Gasteiger partial charge in [-0.15, -0.1) is 0 Å². The van der Waals surface area contributed by atoms with Gasteiger partial charge in [-0.05, 0) is 20.6 Å². The number of hydrogen-bond donors (Lipinski definition) is 1. The van der Waals surface area contributed by atoms with Crippen LogP contribution in [0.15, 0.2) is 9.98 Å². The summed E-state index contributed by atoms with van der Waals surface area (Å²) in [4.78, 5) is 7.79. The number of hydrogen-bond acceptors (Lipinski definition) is 3. The van der Waals surface area contributed by atoms with E-state index in [1.165, 1.54) is 0 Å². The zero-order valence-corrected chi connectivity index (χ0v) is 6.63. The van der Waals surface area contributed by atoms with Gasteiger partial charge in [0, 0.05) is 6.21 Å². The maximum atomic E-state index is 4.00. The molecule has 1 heterocycles. The summed E-state index contributed by atoms with van der Waals surface area (Å²) in [5.41, 5.74) is 1.61. The second kappa shape index (κ2) is 3.09. The number of aromatic amines is 1. The van der Waals surface area contributed by atoms with Crippen LogP contribution in [0.3, 0.4) is 0 Å². The highest BCUT2D eigenvalue weighted by Crippen LogP contribution is 2.27. The van der Waals surface area contributed by atoms with Crippen molar-refractivity contribution in [1.82, 2.24) is 10.2 Å². The predicted octanol–water partition coefficient (Wildman–Crippen LogP) is 1.77. The first-order chi connectivity index (χ1) is 5.29. The number of aliphatic imine (C=N–C) groups is 2. The van der Waals surface area contributed by atoms with Crippen LogP contribution in [0.2, 0.25) is 0 Å². The van der Waals surface area contributed by atoms with Gasteiger partial charge in [-0.2, -0.15) is 5.10 Å². The van der Waals surface area contributed by atoms with Crippen molar-refractivity contribution in [2.45, 2.75) is 13.8 Å². The maximum absolute atomic E-state index is 4.00. The van der Waals surface area contributed by atoms with E-state index in [1.807, 2.05) is 13.8 Å². The molecular weight excluding hydrogens is 140 g/mol.